The van der Waals surface area contributed by atoms with E-state index < -0.39 is 4.92 Å². The Morgan fingerprint density at radius 2 is 1.77 bits per heavy atom. The number of halogens is 1. The quantitative estimate of drug-likeness (QED) is 0.419. The number of piperidine rings is 1. The van der Waals surface area contributed by atoms with Gasteiger partial charge < -0.3 is 16.0 Å². The average molecular weight is 439 g/mol. The number of nitrogens with two attached hydrogens (primary N) is 1. The summed E-state index contributed by atoms with van der Waals surface area (Å²) in [6.07, 6.45) is 2.86. The van der Waals surface area contributed by atoms with Crippen molar-refractivity contribution in [1.29, 1.82) is 0 Å². The molecule has 0 amide bonds. The van der Waals surface area contributed by atoms with Crippen molar-refractivity contribution >= 4 is 40.6 Å². The zero-order chi connectivity index (χ0) is 21.8. The van der Waals surface area contributed by atoms with E-state index in [4.69, 9.17) is 17.3 Å². The van der Waals surface area contributed by atoms with Crippen LogP contribution in [0.15, 0.2) is 54.6 Å². The van der Waals surface area contributed by atoms with Crippen molar-refractivity contribution in [1.82, 2.24) is 9.97 Å². The van der Waals surface area contributed by atoms with Gasteiger partial charge >= 0.3 is 5.69 Å². The predicted molar refractivity (Wildman–Crippen MR) is 123 cm³/mol. The first kappa shape index (κ1) is 20.9. The Morgan fingerprint density at radius 3 is 2.42 bits per heavy atom. The van der Waals surface area contributed by atoms with Crippen molar-refractivity contribution in [2.75, 3.05) is 29.0 Å². The fraction of sp³-hybridized carbons (Fsp3) is 0.273. The lowest BCUT2D eigenvalue weighted by atomic mass is 9.90. The molecule has 9 heteroatoms. The number of anilines is 4. The van der Waals surface area contributed by atoms with Gasteiger partial charge in [0.2, 0.25) is 17.6 Å². The lowest BCUT2D eigenvalue weighted by molar-refractivity contribution is -0.383. The lowest BCUT2D eigenvalue weighted by Gasteiger charge is -2.32. The van der Waals surface area contributed by atoms with Gasteiger partial charge in [-0.3, -0.25) is 10.1 Å². The molecule has 31 heavy (non-hydrogen) atoms. The number of nitro groups is 1. The van der Waals surface area contributed by atoms with Crippen LogP contribution in [0.25, 0.3) is 0 Å². The molecule has 0 bridgehead atoms. The van der Waals surface area contributed by atoms with E-state index in [9.17, 15) is 10.1 Å². The molecule has 0 radical (unpaired) electrons. The summed E-state index contributed by atoms with van der Waals surface area (Å²) in [6, 6.07) is 17.4. The standard InChI is InChI=1S/C22H23ClN6O2/c23-17-6-8-18(9-7-17)25-22-26-20(24)19(29(30)31)21(27-22)28-12-10-16(11-13-28)14-15-4-2-1-3-5-15/h1-9,16H,10-14H2,(H3,24,25,26,27). The fourth-order valence-electron chi connectivity index (χ4n) is 3.87. The van der Waals surface area contributed by atoms with Crippen LogP contribution < -0.4 is 16.0 Å². The van der Waals surface area contributed by atoms with Crippen molar-refractivity contribution < 1.29 is 4.92 Å². The molecule has 0 saturated carbocycles. The molecule has 0 unspecified atom stereocenters. The molecule has 1 fully saturated rings. The Kier molecular flexibility index (Phi) is 6.18. The largest absolute Gasteiger partial charge is 0.378 e. The molecule has 1 aliphatic heterocycles. The molecule has 0 atom stereocenters. The summed E-state index contributed by atoms with van der Waals surface area (Å²) in [5, 5.41) is 15.3. The van der Waals surface area contributed by atoms with Gasteiger partial charge in [-0.15, -0.1) is 0 Å². The third kappa shape index (κ3) is 5.03. The number of nitrogen functional groups attached to an aromatic ring is 1. The van der Waals surface area contributed by atoms with Gasteiger partial charge in [0, 0.05) is 23.8 Å². The number of benzene rings is 2. The maximum Gasteiger partial charge on any atom is 0.353 e. The van der Waals surface area contributed by atoms with Gasteiger partial charge in [-0.1, -0.05) is 41.9 Å². The second-order valence-corrected chi connectivity index (χ2v) is 8.05. The minimum atomic E-state index is -0.507. The fourth-order valence-corrected chi connectivity index (χ4v) is 4.00. The van der Waals surface area contributed by atoms with Gasteiger partial charge in [0.1, 0.15) is 0 Å². The number of nitrogens with one attached hydrogen (secondary N) is 1. The number of hydrogen-bond acceptors (Lipinski definition) is 7. The SMILES string of the molecule is Nc1nc(Nc2ccc(Cl)cc2)nc(N2CCC(Cc3ccccc3)CC2)c1[N+](=O)[O-]. The van der Waals surface area contributed by atoms with Crippen LogP contribution in [0.2, 0.25) is 5.02 Å². The van der Waals surface area contributed by atoms with Crippen molar-refractivity contribution in [2.24, 2.45) is 5.92 Å². The Bertz CT molecular complexity index is 1050. The molecule has 4 rings (SSSR count). The Balaban J connectivity index is 1.53. The first-order valence-electron chi connectivity index (χ1n) is 10.1. The molecule has 3 aromatic rings. The zero-order valence-corrected chi connectivity index (χ0v) is 17.6. The monoisotopic (exact) mass is 438 g/mol. The molecule has 1 saturated heterocycles. The first-order chi connectivity index (χ1) is 15.0. The summed E-state index contributed by atoms with van der Waals surface area (Å²) in [4.78, 5) is 21.7. The van der Waals surface area contributed by atoms with Crippen molar-refractivity contribution in [2.45, 2.75) is 19.3 Å². The number of rotatable bonds is 6. The van der Waals surface area contributed by atoms with Crippen molar-refractivity contribution in [3.8, 4) is 0 Å². The third-order valence-corrected chi connectivity index (χ3v) is 5.71. The van der Waals surface area contributed by atoms with E-state index >= 15 is 0 Å². The van der Waals surface area contributed by atoms with Gasteiger partial charge in [0.05, 0.1) is 4.92 Å². The van der Waals surface area contributed by atoms with E-state index in [1.165, 1.54) is 5.56 Å². The topological polar surface area (TPSA) is 110 Å². The average Bonchev–Trinajstić information content (AvgIpc) is 2.76. The summed E-state index contributed by atoms with van der Waals surface area (Å²) in [7, 11) is 0. The van der Waals surface area contributed by atoms with Crippen LogP contribution in [0, 0.1) is 16.0 Å². The molecule has 8 nitrogen and oxygen atoms in total. The molecule has 0 spiro atoms. The number of nitrogens with zero attached hydrogens (tertiary/aromatic N) is 4. The minimum absolute atomic E-state index is 0.155. The number of aromatic nitrogens is 2. The smallest absolute Gasteiger partial charge is 0.353 e. The van der Waals surface area contributed by atoms with Gasteiger partial charge in [-0.2, -0.15) is 9.97 Å². The van der Waals surface area contributed by atoms with Crippen LogP contribution in [0.5, 0.6) is 0 Å². The normalized spacial score (nSPS) is 14.4. The van der Waals surface area contributed by atoms with Crippen LogP contribution in [0.1, 0.15) is 18.4 Å². The maximum atomic E-state index is 11.7. The number of hydrogen-bond donors (Lipinski definition) is 2. The molecule has 1 aliphatic rings. The van der Waals surface area contributed by atoms with Crippen LogP contribution in [-0.2, 0) is 6.42 Å². The Labute approximate surface area is 185 Å². The van der Waals surface area contributed by atoms with E-state index in [1.54, 1.807) is 24.3 Å². The van der Waals surface area contributed by atoms with E-state index in [0.717, 1.165) is 19.3 Å². The van der Waals surface area contributed by atoms with Crippen LogP contribution in [0.4, 0.5) is 29.0 Å². The molecule has 1 aromatic heterocycles. The van der Waals surface area contributed by atoms with Crippen LogP contribution >= 0.6 is 11.6 Å². The second-order valence-electron chi connectivity index (χ2n) is 7.61. The van der Waals surface area contributed by atoms with Crippen LogP contribution in [0.3, 0.4) is 0 Å². The van der Waals surface area contributed by atoms with E-state index in [1.807, 2.05) is 23.1 Å². The molecule has 2 aromatic carbocycles. The molecular formula is C22H23ClN6O2. The van der Waals surface area contributed by atoms with Gasteiger partial charge in [-0.05, 0) is 55.0 Å². The van der Waals surface area contributed by atoms with Crippen molar-refractivity contribution in [3.63, 3.8) is 0 Å². The van der Waals surface area contributed by atoms with Gasteiger partial charge in [0.25, 0.3) is 0 Å². The highest BCUT2D eigenvalue weighted by Gasteiger charge is 2.30. The van der Waals surface area contributed by atoms with Gasteiger partial charge in [0.15, 0.2) is 0 Å². The third-order valence-electron chi connectivity index (χ3n) is 5.46. The highest BCUT2D eigenvalue weighted by Crippen LogP contribution is 2.35. The molecular weight excluding hydrogens is 416 g/mol. The molecule has 3 N–H and O–H groups in total. The van der Waals surface area contributed by atoms with Crippen molar-refractivity contribution in [3.05, 3.63) is 75.3 Å². The first-order valence-corrected chi connectivity index (χ1v) is 10.5. The highest BCUT2D eigenvalue weighted by atomic mass is 35.5. The van der Waals surface area contributed by atoms with Gasteiger partial charge in [-0.25, -0.2) is 0 Å². The second kappa shape index (κ2) is 9.18. The van der Waals surface area contributed by atoms with Crippen LogP contribution in [-0.4, -0.2) is 28.0 Å². The summed E-state index contributed by atoms with van der Waals surface area (Å²) in [6.45, 7) is 1.35. The maximum absolute atomic E-state index is 11.7. The highest BCUT2D eigenvalue weighted by molar-refractivity contribution is 6.30. The summed E-state index contributed by atoms with van der Waals surface area (Å²) < 4.78 is 0. The summed E-state index contributed by atoms with van der Waals surface area (Å²) in [5.74, 6) is 0.848. The molecule has 2 heterocycles. The lowest BCUT2D eigenvalue weighted by Crippen LogP contribution is -2.35. The zero-order valence-electron chi connectivity index (χ0n) is 16.9. The van der Waals surface area contributed by atoms with E-state index in [2.05, 4.69) is 27.4 Å². The molecule has 0 aliphatic carbocycles. The minimum Gasteiger partial charge on any atom is -0.378 e. The summed E-state index contributed by atoms with van der Waals surface area (Å²) in [5.41, 5.74) is 7.74. The van der Waals surface area contributed by atoms with E-state index in [-0.39, 0.29) is 23.3 Å². The molecule has 160 valence electrons. The van der Waals surface area contributed by atoms with E-state index in [0.29, 0.717) is 29.7 Å². The predicted octanol–water partition coefficient (Wildman–Crippen LogP) is 4.82. The summed E-state index contributed by atoms with van der Waals surface area (Å²) >= 11 is 5.92. The Morgan fingerprint density at radius 1 is 1.10 bits per heavy atom. The Hall–Kier alpha value is -3.39.